The van der Waals surface area contributed by atoms with Crippen LogP contribution in [0.4, 0.5) is 16.2 Å². The number of unbranched alkanes of at least 4 members (excludes halogenated alkanes) is 4. The number of rotatable bonds is 18. The molecule has 0 saturated carbocycles. The molecule has 0 unspecified atom stereocenters. The van der Waals surface area contributed by atoms with Crippen LogP contribution in [-0.2, 0) is 17.6 Å². The molecular formula is C45H49N3O4. The number of aliphatic carboxylic acids is 1. The molecule has 0 aliphatic rings. The Labute approximate surface area is 307 Å². The topological polar surface area (TPSA) is 98.7 Å². The second-order valence-electron chi connectivity index (χ2n) is 13.4. The van der Waals surface area contributed by atoms with E-state index in [9.17, 15) is 19.5 Å². The van der Waals surface area contributed by atoms with Gasteiger partial charge in [-0.15, -0.1) is 0 Å². The van der Waals surface area contributed by atoms with Crippen molar-refractivity contribution < 1.29 is 19.5 Å². The summed E-state index contributed by atoms with van der Waals surface area (Å²) in [4.78, 5) is 41.5. The predicted molar refractivity (Wildman–Crippen MR) is 211 cm³/mol. The number of carbonyl (C=O) groups excluding carboxylic acids is 2. The van der Waals surface area contributed by atoms with Gasteiger partial charge in [0.05, 0.1) is 0 Å². The molecule has 0 aliphatic heterocycles. The molecule has 52 heavy (non-hydrogen) atoms. The number of hydrogen-bond donors (Lipinski definition) is 3. The number of carbonyl (C=O) groups is 3. The summed E-state index contributed by atoms with van der Waals surface area (Å²) in [6.07, 6.45) is 6.68. The highest BCUT2D eigenvalue weighted by Crippen LogP contribution is 2.31. The summed E-state index contributed by atoms with van der Waals surface area (Å²) >= 11 is 0. The molecule has 5 aromatic rings. The van der Waals surface area contributed by atoms with Gasteiger partial charge in [0.15, 0.2) is 5.78 Å². The summed E-state index contributed by atoms with van der Waals surface area (Å²) < 4.78 is 0. The fourth-order valence-electron chi connectivity index (χ4n) is 6.44. The summed E-state index contributed by atoms with van der Waals surface area (Å²) in [7, 11) is 1.77. The molecule has 7 nitrogen and oxygen atoms in total. The predicted octanol–water partition coefficient (Wildman–Crippen LogP) is 9.81. The van der Waals surface area contributed by atoms with Crippen LogP contribution in [0.2, 0.25) is 0 Å². The molecule has 0 bridgehead atoms. The minimum Gasteiger partial charge on any atom is -0.479 e. The molecule has 2 amide bonds. The van der Waals surface area contributed by atoms with E-state index in [0.29, 0.717) is 29.8 Å². The standard InChI is InChI=1S/C45H49N3O4/c1-3-4-5-6-15-31-46-44(52)48(2)39-22-16-21-38(32-39)36-27-25-35(26-28-36)33-45(43(50)51,30-29-34-17-9-7-10-18-34)47-41-24-14-13-23-40(41)42(49)37-19-11-8-12-20-37/h7-14,16-28,32,47H,3-6,15,29-31,33H2,1-2H3,(H,46,52)(H,50,51)/t45-/m0/s1. The molecule has 0 radical (unpaired) electrons. The van der Waals surface area contributed by atoms with Crippen molar-refractivity contribution in [3.63, 3.8) is 0 Å². The van der Waals surface area contributed by atoms with E-state index in [4.69, 9.17) is 0 Å². The number of urea groups is 1. The van der Waals surface area contributed by atoms with E-state index in [1.54, 1.807) is 42.3 Å². The van der Waals surface area contributed by atoms with E-state index in [1.165, 1.54) is 19.3 Å². The molecule has 7 heteroatoms. The van der Waals surface area contributed by atoms with Crippen LogP contribution in [0.15, 0.2) is 133 Å². The summed E-state index contributed by atoms with van der Waals surface area (Å²) in [6.45, 7) is 2.84. The maximum absolute atomic E-state index is 13.6. The van der Waals surface area contributed by atoms with E-state index in [2.05, 4.69) is 17.6 Å². The molecular weight excluding hydrogens is 647 g/mol. The van der Waals surface area contributed by atoms with Gasteiger partial charge in [-0.1, -0.05) is 142 Å². The van der Waals surface area contributed by atoms with E-state index in [-0.39, 0.29) is 24.7 Å². The van der Waals surface area contributed by atoms with Crippen molar-refractivity contribution in [3.8, 4) is 11.1 Å². The molecule has 1 atom stereocenters. The van der Waals surface area contributed by atoms with Crippen LogP contribution in [-0.4, -0.2) is 42.0 Å². The number of carboxylic acid groups (broad SMARTS) is 1. The maximum atomic E-state index is 13.6. The van der Waals surface area contributed by atoms with Gasteiger partial charge in [0.25, 0.3) is 0 Å². The lowest BCUT2D eigenvalue weighted by Crippen LogP contribution is -2.49. The summed E-state index contributed by atoms with van der Waals surface area (Å²) in [5, 5.41) is 17.3. The minimum absolute atomic E-state index is 0.136. The van der Waals surface area contributed by atoms with Crippen molar-refractivity contribution >= 4 is 29.2 Å². The van der Waals surface area contributed by atoms with Gasteiger partial charge in [-0.3, -0.25) is 9.69 Å². The van der Waals surface area contributed by atoms with Crippen LogP contribution in [0, 0.1) is 0 Å². The van der Waals surface area contributed by atoms with Gasteiger partial charge >= 0.3 is 12.0 Å². The zero-order valence-electron chi connectivity index (χ0n) is 30.2. The minimum atomic E-state index is -1.42. The zero-order chi connectivity index (χ0) is 36.8. The molecule has 5 rings (SSSR count). The lowest BCUT2D eigenvalue weighted by molar-refractivity contribution is -0.142. The SMILES string of the molecule is CCCCCCCNC(=O)N(C)c1cccc(-c2ccc(C[C@](CCc3ccccc3)(Nc3ccccc3C(=O)c3ccccc3)C(=O)O)cc2)c1. The van der Waals surface area contributed by atoms with Crippen LogP contribution in [0.5, 0.6) is 0 Å². The molecule has 0 fully saturated rings. The van der Waals surface area contributed by atoms with Crippen LogP contribution >= 0.6 is 0 Å². The number of aryl methyl sites for hydroxylation is 1. The first-order chi connectivity index (χ1) is 25.3. The van der Waals surface area contributed by atoms with E-state index in [0.717, 1.165) is 40.8 Å². The highest BCUT2D eigenvalue weighted by molar-refractivity contribution is 6.12. The Bertz CT molecular complexity index is 1910. The second-order valence-corrected chi connectivity index (χ2v) is 13.4. The van der Waals surface area contributed by atoms with Crippen molar-refractivity contribution in [1.82, 2.24) is 5.32 Å². The number of hydrogen-bond acceptors (Lipinski definition) is 4. The molecule has 0 aliphatic carbocycles. The summed E-state index contributed by atoms with van der Waals surface area (Å²) in [5.41, 5.74) is 4.56. The third kappa shape index (κ3) is 9.97. The Morgan fingerprint density at radius 2 is 1.37 bits per heavy atom. The van der Waals surface area contributed by atoms with Gasteiger partial charge in [-0.25, -0.2) is 9.59 Å². The zero-order valence-corrected chi connectivity index (χ0v) is 30.2. The lowest BCUT2D eigenvalue weighted by atomic mass is 9.83. The summed E-state index contributed by atoms with van der Waals surface area (Å²) in [5.74, 6) is -1.17. The number of ketones is 1. The van der Waals surface area contributed by atoms with Gasteiger partial charge in [0.1, 0.15) is 5.54 Å². The highest BCUT2D eigenvalue weighted by Gasteiger charge is 2.39. The Morgan fingerprint density at radius 1 is 0.692 bits per heavy atom. The number of anilines is 2. The lowest BCUT2D eigenvalue weighted by Gasteiger charge is -2.33. The first kappa shape index (κ1) is 37.6. The molecule has 268 valence electrons. The van der Waals surface area contributed by atoms with E-state index >= 15 is 0 Å². The number of amides is 2. The highest BCUT2D eigenvalue weighted by atomic mass is 16.4. The third-order valence-corrected chi connectivity index (χ3v) is 9.56. The maximum Gasteiger partial charge on any atom is 0.329 e. The summed E-state index contributed by atoms with van der Waals surface area (Å²) in [6, 6.07) is 41.6. The number of nitrogens with one attached hydrogen (secondary N) is 2. The second kappa shape index (κ2) is 18.5. The van der Waals surface area contributed by atoms with Crippen molar-refractivity contribution in [2.45, 2.75) is 63.8 Å². The van der Waals surface area contributed by atoms with Gasteiger partial charge in [0, 0.05) is 42.5 Å². The van der Waals surface area contributed by atoms with Crippen molar-refractivity contribution in [1.29, 1.82) is 0 Å². The molecule has 0 aromatic heterocycles. The molecule has 3 N–H and O–H groups in total. The fourth-order valence-corrected chi connectivity index (χ4v) is 6.44. The average molecular weight is 696 g/mol. The van der Waals surface area contributed by atoms with Gasteiger partial charge in [0.2, 0.25) is 0 Å². The van der Waals surface area contributed by atoms with Gasteiger partial charge in [-0.05, 0) is 65.8 Å². The Kier molecular flexibility index (Phi) is 13.4. The average Bonchev–Trinajstić information content (AvgIpc) is 3.19. The number of carboxylic acids is 1. The van der Waals surface area contributed by atoms with Crippen LogP contribution in [0.25, 0.3) is 11.1 Å². The Balaban J connectivity index is 1.37. The van der Waals surface area contributed by atoms with Crippen LogP contribution in [0.3, 0.4) is 0 Å². The first-order valence-corrected chi connectivity index (χ1v) is 18.2. The van der Waals surface area contributed by atoms with Crippen molar-refractivity contribution in [2.75, 3.05) is 23.8 Å². The number of nitrogens with zero attached hydrogens (tertiary/aromatic N) is 1. The molecule has 0 heterocycles. The van der Waals surface area contributed by atoms with Crippen LogP contribution < -0.4 is 15.5 Å². The largest absolute Gasteiger partial charge is 0.479 e. The van der Waals surface area contributed by atoms with Gasteiger partial charge < -0.3 is 15.7 Å². The van der Waals surface area contributed by atoms with Crippen molar-refractivity contribution in [3.05, 3.63) is 156 Å². The third-order valence-electron chi connectivity index (χ3n) is 9.56. The van der Waals surface area contributed by atoms with Crippen molar-refractivity contribution in [2.24, 2.45) is 0 Å². The fraction of sp³-hybridized carbons (Fsp3) is 0.267. The van der Waals surface area contributed by atoms with E-state index < -0.39 is 11.5 Å². The Hall–Kier alpha value is -5.69. The Morgan fingerprint density at radius 3 is 2.08 bits per heavy atom. The van der Waals surface area contributed by atoms with E-state index in [1.807, 2.05) is 103 Å². The monoisotopic (exact) mass is 695 g/mol. The molecule has 0 spiro atoms. The molecule has 5 aromatic carbocycles. The quantitative estimate of drug-likeness (QED) is 0.0626. The first-order valence-electron chi connectivity index (χ1n) is 18.2. The molecule has 0 saturated heterocycles. The van der Waals surface area contributed by atoms with Gasteiger partial charge in [-0.2, -0.15) is 0 Å². The smallest absolute Gasteiger partial charge is 0.329 e. The number of para-hydroxylation sites is 1. The van der Waals surface area contributed by atoms with Crippen LogP contribution in [0.1, 0.15) is 72.5 Å². The number of benzene rings is 5. The normalized spacial score (nSPS) is 12.0.